The van der Waals surface area contributed by atoms with E-state index in [1.165, 1.54) is 13.0 Å². The quantitative estimate of drug-likeness (QED) is 0.210. The van der Waals surface area contributed by atoms with E-state index in [9.17, 15) is 0 Å². The normalized spacial score (nSPS) is 12.8. The number of guanidine groups is 1. The number of imidazole rings is 1. The maximum Gasteiger partial charge on any atom is 0.191 e. The van der Waals surface area contributed by atoms with Crippen LogP contribution in [0.5, 0.6) is 0 Å². The number of hydrogen-bond acceptors (Lipinski definition) is 3. The Balaban J connectivity index is 0.00000625. The summed E-state index contributed by atoms with van der Waals surface area (Å²) in [7, 11) is 1.84. The molecule has 26 heavy (non-hydrogen) atoms. The third-order valence-corrected chi connectivity index (χ3v) is 4.65. The first-order valence-electron chi connectivity index (χ1n) is 9.77. The molecule has 0 saturated heterocycles. The van der Waals surface area contributed by atoms with E-state index in [1.807, 2.05) is 26.4 Å². The lowest BCUT2D eigenvalue weighted by molar-refractivity contribution is 0.292. The van der Waals surface area contributed by atoms with Crippen LogP contribution in [0.4, 0.5) is 0 Å². The van der Waals surface area contributed by atoms with Gasteiger partial charge in [0, 0.05) is 38.6 Å². The fourth-order valence-corrected chi connectivity index (χ4v) is 2.92. The van der Waals surface area contributed by atoms with Crippen LogP contribution in [0.25, 0.3) is 0 Å². The first-order chi connectivity index (χ1) is 12.1. The van der Waals surface area contributed by atoms with Gasteiger partial charge in [-0.2, -0.15) is 0 Å². The number of nitrogens with zero attached hydrogens (tertiary/aromatic N) is 4. The lowest BCUT2D eigenvalue weighted by Crippen LogP contribution is -2.42. The van der Waals surface area contributed by atoms with Gasteiger partial charge < -0.3 is 20.1 Å². The summed E-state index contributed by atoms with van der Waals surface area (Å²) in [6, 6.07) is 0.440. The monoisotopic (exact) mass is 478 g/mol. The van der Waals surface area contributed by atoms with Gasteiger partial charge in [-0.05, 0) is 59.2 Å². The molecule has 0 aromatic carbocycles. The van der Waals surface area contributed by atoms with E-state index < -0.39 is 0 Å². The van der Waals surface area contributed by atoms with Gasteiger partial charge in [-0.25, -0.2) is 4.98 Å². The molecule has 0 aliphatic heterocycles. The Hall–Kier alpha value is -0.830. The first-order valence-corrected chi connectivity index (χ1v) is 9.77. The van der Waals surface area contributed by atoms with Gasteiger partial charge in [0.1, 0.15) is 5.82 Å². The van der Waals surface area contributed by atoms with Crippen molar-refractivity contribution in [1.29, 1.82) is 0 Å². The highest BCUT2D eigenvalue weighted by molar-refractivity contribution is 14.0. The minimum Gasteiger partial charge on any atom is -0.356 e. The van der Waals surface area contributed by atoms with E-state index in [0.717, 1.165) is 57.2 Å². The number of hydrogen-bond donors (Lipinski definition) is 2. The molecular formula is C19H39IN6. The Morgan fingerprint density at radius 1 is 1.27 bits per heavy atom. The number of rotatable bonds is 12. The summed E-state index contributed by atoms with van der Waals surface area (Å²) in [6.07, 6.45) is 8.55. The Kier molecular flexibility index (Phi) is 14.8. The Labute approximate surface area is 177 Å². The zero-order valence-electron chi connectivity index (χ0n) is 17.3. The summed E-state index contributed by atoms with van der Waals surface area (Å²) in [5, 5.41) is 6.92. The van der Waals surface area contributed by atoms with Crippen LogP contribution in [0.2, 0.25) is 0 Å². The van der Waals surface area contributed by atoms with Crippen molar-refractivity contribution in [3.05, 3.63) is 18.2 Å². The number of aryl methyl sites for hydroxylation is 2. The summed E-state index contributed by atoms with van der Waals surface area (Å²) < 4.78 is 2.20. The highest BCUT2D eigenvalue weighted by Crippen LogP contribution is 2.01. The second-order valence-corrected chi connectivity index (χ2v) is 6.59. The van der Waals surface area contributed by atoms with Crippen molar-refractivity contribution in [3.8, 4) is 0 Å². The largest absolute Gasteiger partial charge is 0.356 e. The van der Waals surface area contributed by atoms with Crippen molar-refractivity contribution >= 4 is 29.9 Å². The van der Waals surface area contributed by atoms with Gasteiger partial charge in [-0.1, -0.05) is 13.8 Å². The highest BCUT2D eigenvalue weighted by atomic mass is 127. The van der Waals surface area contributed by atoms with Crippen LogP contribution in [-0.2, 0) is 6.54 Å². The summed E-state index contributed by atoms with van der Waals surface area (Å²) in [6.45, 7) is 14.2. The molecule has 0 aliphatic rings. The number of nitrogens with one attached hydrogen (secondary N) is 2. The third-order valence-electron chi connectivity index (χ3n) is 4.65. The Bertz CT molecular complexity index is 484. The van der Waals surface area contributed by atoms with Gasteiger partial charge in [0.15, 0.2) is 5.96 Å². The molecule has 6 nitrogen and oxygen atoms in total. The molecule has 2 N–H and O–H groups in total. The van der Waals surface area contributed by atoms with E-state index in [4.69, 9.17) is 0 Å². The van der Waals surface area contributed by atoms with E-state index in [0.29, 0.717) is 6.04 Å². The minimum atomic E-state index is 0. The van der Waals surface area contributed by atoms with Gasteiger partial charge in [0.25, 0.3) is 0 Å². The average molecular weight is 478 g/mol. The van der Waals surface area contributed by atoms with Crippen LogP contribution in [0.15, 0.2) is 17.4 Å². The minimum absolute atomic E-state index is 0. The first kappa shape index (κ1) is 25.2. The molecule has 1 aromatic heterocycles. The maximum atomic E-state index is 4.33. The molecule has 1 atom stereocenters. The van der Waals surface area contributed by atoms with Crippen molar-refractivity contribution in [3.63, 3.8) is 0 Å². The van der Waals surface area contributed by atoms with Gasteiger partial charge in [0.05, 0.1) is 0 Å². The molecule has 1 heterocycles. The van der Waals surface area contributed by atoms with Crippen LogP contribution in [-0.4, -0.2) is 59.7 Å². The molecule has 0 spiro atoms. The molecule has 0 fully saturated rings. The Morgan fingerprint density at radius 3 is 2.58 bits per heavy atom. The number of aromatic nitrogens is 2. The standard InChI is InChI=1S/C19H38N6.HI/c1-6-24(7-2)14-10-11-17(3)23-19(20-5)22-12-8-9-15-25-16-13-21-18(25)4;/h13,16-17H,6-12,14-15H2,1-5H3,(H2,20,22,23);1H. The van der Waals surface area contributed by atoms with Crippen molar-refractivity contribution in [1.82, 2.24) is 25.1 Å². The van der Waals surface area contributed by atoms with Crippen LogP contribution in [0.3, 0.4) is 0 Å². The maximum absolute atomic E-state index is 4.33. The van der Waals surface area contributed by atoms with E-state index in [-0.39, 0.29) is 24.0 Å². The molecule has 0 bridgehead atoms. The zero-order chi connectivity index (χ0) is 18.5. The third kappa shape index (κ3) is 10.4. The summed E-state index contributed by atoms with van der Waals surface area (Å²) >= 11 is 0. The van der Waals surface area contributed by atoms with E-state index in [1.54, 1.807) is 0 Å². The highest BCUT2D eigenvalue weighted by Gasteiger charge is 2.06. The fourth-order valence-electron chi connectivity index (χ4n) is 2.92. The van der Waals surface area contributed by atoms with Crippen molar-refractivity contribution in [2.75, 3.05) is 33.2 Å². The number of unbranched alkanes of at least 4 members (excludes halogenated alkanes) is 1. The summed E-state index contributed by atoms with van der Waals surface area (Å²) in [5.74, 6) is 2.00. The second-order valence-electron chi connectivity index (χ2n) is 6.59. The average Bonchev–Trinajstić information content (AvgIpc) is 3.02. The van der Waals surface area contributed by atoms with E-state index >= 15 is 0 Å². The van der Waals surface area contributed by atoms with Crippen molar-refractivity contribution in [2.24, 2.45) is 4.99 Å². The Morgan fingerprint density at radius 2 is 2.00 bits per heavy atom. The van der Waals surface area contributed by atoms with Gasteiger partial charge in [0.2, 0.25) is 0 Å². The molecule has 0 aliphatic carbocycles. The fraction of sp³-hybridized carbons (Fsp3) is 0.789. The molecule has 7 heteroatoms. The molecular weight excluding hydrogens is 439 g/mol. The van der Waals surface area contributed by atoms with E-state index in [2.05, 4.69) is 50.8 Å². The second kappa shape index (κ2) is 15.2. The molecule has 0 radical (unpaired) electrons. The summed E-state index contributed by atoms with van der Waals surface area (Å²) in [5.41, 5.74) is 0. The summed E-state index contributed by atoms with van der Waals surface area (Å²) in [4.78, 5) is 11.1. The lowest BCUT2D eigenvalue weighted by atomic mass is 10.2. The molecule has 0 saturated carbocycles. The van der Waals surface area contributed by atoms with Crippen LogP contribution >= 0.6 is 24.0 Å². The van der Waals surface area contributed by atoms with Gasteiger partial charge >= 0.3 is 0 Å². The zero-order valence-corrected chi connectivity index (χ0v) is 19.6. The van der Waals surface area contributed by atoms with Gasteiger partial charge in [-0.15, -0.1) is 24.0 Å². The van der Waals surface area contributed by atoms with Crippen molar-refractivity contribution in [2.45, 2.75) is 66.0 Å². The predicted octanol–water partition coefficient (Wildman–Crippen LogP) is 3.27. The van der Waals surface area contributed by atoms with Gasteiger partial charge in [-0.3, -0.25) is 4.99 Å². The van der Waals surface area contributed by atoms with Crippen LogP contribution in [0, 0.1) is 6.92 Å². The van der Waals surface area contributed by atoms with Crippen LogP contribution in [0.1, 0.15) is 52.3 Å². The SMILES string of the molecule is CCN(CC)CCCC(C)NC(=NC)NCCCCn1ccnc1C.I. The molecule has 1 aromatic rings. The molecule has 152 valence electrons. The molecule has 1 rings (SSSR count). The topological polar surface area (TPSA) is 57.5 Å². The van der Waals surface area contributed by atoms with Crippen molar-refractivity contribution < 1.29 is 0 Å². The van der Waals surface area contributed by atoms with Crippen LogP contribution < -0.4 is 10.6 Å². The predicted molar refractivity (Wildman–Crippen MR) is 123 cm³/mol. The molecule has 1 unspecified atom stereocenters. The number of halogens is 1. The number of aliphatic imine (C=N–C) groups is 1. The molecule has 0 amide bonds. The smallest absolute Gasteiger partial charge is 0.191 e. The lowest BCUT2D eigenvalue weighted by Gasteiger charge is -2.21.